The zero-order valence-corrected chi connectivity index (χ0v) is 14.2. The molecule has 1 aromatic heterocycles. The van der Waals surface area contributed by atoms with Crippen LogP contribution in [0.15, 0.2) is 30.3 Å². The summed E-state index contributed by atoms with van der Waals surface area (Å²) in [6.07, 6.45) is 1.10. The molecule has 0 aliphatic heterocycles. The van der Waals surface area contributed by atoms with Gasteiger partial charge in [0, 0.05) is 15.8 Å². The molecule has 3 heteroatoms. The Kier molecular flexibility index (Phi) is 5.83. The second-order valence-corrected chi connectivity index (χ2v) is 6.57. The molecular weight excluding hydrogens is 278 g/mol. The van der Waals surface area contributed by atoms with Crippen molar-refractivity contribution in [2.24, 2.45) is 0 Å². The molecule has 1 atom stereocenters. The summed E-state index contributed by atoms with van der Waals surface area (Å²) >= 11 is 1.84. The highest BCUT2D eigenvalue weighted by Gasteiger charge is 2.07. The lowest BCUT2D eigenvalue weighted by Gasteiger charge is -2.15. The fourth-order valence-corrected chi connectivity index (χ4v) is 3.24. The fraction of sp³-hybridized carbons (Fsp3) is 0.444. The van der Waals surface area contributed by atoms with Crippen LogP contribution in [0.25, 0.3) is 0 Å². The van der Waals surface area contributed by atoms with Crippen LogP contribution in [0, 0.1) is 6.92 Å². The largest absolute Gasteiger partial charge is 0.488 e. The summed E-state index contributed by atoms with van der Waals surface area (Å²) in [6.45, 7) is 10.3. The van der Waals surface area contributed by atoms with Gasteiger partial charge in [-0.05, 0) is 56.1 Å². The van der Waals surface area contributed by atoms with Crippen LogP contribution >= 0.6 is 11.3 Å². The number of hydrogen-bond acceptors (Lipinski definition) is 3. The van der Waals surface area contributed by atoms with Gasteiger partial charge in [-0.3, -0.25) is 0 Å². The molecule has 0 spiro atoms. The first kappa shape index (κ1) is 16.1. The van der Waals surface area contributed by atoms with E-state index in [1.165, 1.54) is 20.9 Å². The normalized spacial score (nSPS) is 12.4. The van der Waals surface area contributed by atoms with Crippen molar-refractivity contribution in [1.29, 1.82) is 0 Å². The van der Waals surface area contributed by atoms with Crippen molar-refractivity contribution >= 4 is 11.3 Å². The molecule has 0 aliphatic rings. The molecule has 0 saturated carbocycles. The molecule has 21 heavy (non-hydrogen) atoms. The summed E-state index contributed by atoms with van der Waals surface area (Å²) in [5.74, 6) is 0.980. The zero-order valence-electron chi connectivity index (χ0n) is 13.4. The van der Waals surface area contributed by atoms with Gasteiger partial charge in [-0.2, -0.15) is 0 Å². The minimum atomic E-state index is 0.382. The lowest BCUT2D eigenvalue weighted by Crippen LogP contribution is -2.17. The van der Waals surface area contributed by atoms with Gasteiger partial charge in [-0.15, -0.1) is 11.3 Å². The van der Waals surface area contributed by atoms with Gasteiger partial charge in [0.2, 0.25) is 0 Å². The molecule has 1 heterocycles. The minimum absolute atomic E-state index is 0.382. The lowest BCUT2D eigenvalue weighted by atomic mass is 10.1. The number of nitrogens with one attached hydrogen (secondary N) is 1. The quantitative estimate of drug-likeness (QED) is 0.788. The molecule has 0 radical (unpaired) electrons. The van der Waals surface area contributed by atoms with Crippen LogP contribution in [0.2, 0.25) is 0 Å². The van der Waals surface area contributed by atoms with Crippen LogP contribution in [0.5, 0.6) is 5.75 Å². The van der Waals surface area contributed by atoms with Crippen LogP contribution in [-0.2, 0) is 13.0 Å². The van der Waals surface area contributed by atoms with Gasteiger partial charge < -0.3 is 10.1 Å². The molecule has 2 rings (SSSR count). The van der Waals surface area contributed by atoms with Gasteiger partial charge in [-0.1, -0.05) is 26.0 Å². The zero-order chi connectivity index (χ0) is 15.2. The third-order valence-electron chi connectivity index (χ3n) is 3.64. The topological polar surface area (TPSA) is 21.3 Å². The van der Waals surface area contributed by atoms with Crippen molar-refractivity contribution < 1.29 is 4.74 Å². The van der Waals surface area contributed by atoms with Crippen molar-refractivity contribution in [2.45, 2.75) is 46.8 Å². The Balaban J connectivity index is 2.00. The summed E-state index contributed by atoms with van der Waals surface area (Å²) in [5, 5.41) is 3.44. The average molecular weight is 303 g/mol. The van der Waals surface area contributed by atoms with E-state index in [2.05, 4.69) is 63.3 Å². The van der Waals surface area contributed by atoms with E-state index in [4.69, 9.17) is 4.74 Å². The van der Waals surface area contributed by atoms with Gasteiger partial charge >= 0.3 is 0 Å². The Morgan fingerprint density at radius 1 is 1.14 bits per heavy atom. The van der Waals surface area contributed by atoms with Crippen molar-refractivity contribution in [2.75, 3.05) is 6.54 Å². The summed E-state index contributed by atoms with van der Waals surface area (Å²) in [6, 6.07) is 11.2. The molecule has 0 fully saturated rings. The number of thiophene rings is 1. The highest BCUT2D eigenvalue weighted by atomic mass is 32.1. The third kappa shape index (κ3) is 4.32. The molecular formula is C18H25NOS. The second-order valence-electron chi connectivity index (χ2n) is 5.31. The molecule has 114 valence electrons. The van der Waals surface area contributed by atoms with Crippen LogP contribution in [-0.4, -0.2) is 6.54 Å². The Morgan fingerprint density at radius 2 is 1.90 bits per heavy atom. The summed E-state index contributed by atoms with van der Waals surface area (Å²) in [4.78, 5) is 2.71. The molecule has 1 N–H and O–H groups in total. The first-order chi connectivity index (χ1) is 10.1. The summed E-state index contributed by atoms with van der Waals surface area (Å²) in [5.41, 5.74) is 2.51. The van der Waals surface area contributed by atoms with Crippen LogP contribution in [0.4, 0.5) is 0 Å². The maximum atomic E-state index is 5.97. The van der Waals surface area contributed by atoms with Gasteiger partial charge in [-0.25, -0.2) is 0 Å². The van der Waals surface area contributed by atoms with Crippen molar-refractivity contribution in [3.63, 3.8) is 0 Å². The van der Waals surface area contributed by atoms with Gasteiger partial charge in [0.25, 0.3) is 0 Å². The van der Waals surface area contributed by atoms with Crippen LogP contribution in [0.1, 0.15) is 47.7 Å². The van der Waals surface area contributed by atoms with E-state index in [9.17, 15) is 0 Å². The molecule has 0 bridgehead atoms. The maximum Gasteiger partial charge on any atom is 0.122 e. The van der Waals surface area contributed by atoms with Crippen LogP contribution < -0.4 is 10.1 Å². The van der Waals surface area contributed by atoms with E-state index in [1.54, 1.807) is 0 Å². The predicted molar refractivity (Wildman–Crippen MR) is 91.3 cm³/mol. The van der Waals surface area contributed by atoms with E-state index in [1.807, 2.05) is 11.3 Å². The van der Waals surface area contributed by atoms with Crippen molar-refractivity contribution in [3.8, 4) is 5.75 Å². The second kappa shape index (κ2) is 7.62. The third-order valence-corrected chi connectivity index (χ3v) is 4.85. The predicted octanol–water partition coefficient (Wildman–Crippen LogP) is 4.87. The Labute approximate surface area is 132 Å². The standard InChI is InChI=1S/C18H25NOS/c1-5-16-8-9-17(21-16)12-20-18-10-7-15(11-13(18)3)14(4)19-6-2/h7-11,14,19H,5-6,12H2,1-4H3. The lowest BCUT2D eigenvalue weighted by molar-refractivity contribution is 0.307. The summed E-state index contributed by atoms with van der Waals surface area (Å²) < 4.78 is 5.97. The Hall–Kier alpha value is -1.32. The van der Waals surface area contributed by atoms with Gasteiger partial charge in [0.05, 0.1) is 0 Å². The SMILES string of the molecule is CCNC(C)c1ccc(OCc2ccc(CC)s2)c(C)c1. The van der Waals surface area contributed by atoms with E-state index >= 15 is 0 Å². The summed E-state index contributed by atoms with van der Waals surface area (Å²) in [7, 11) is 0. The molecule has 0 saturated heterocycles. The molecule has 1 aromatic carbocycles. The average Bonchev–Trinajstić information content (AvgIpc) is 2.94. The fourth-order valence-electron chi connectivity index (χ4n) is 2.37. The minimum Gasteiger partial charge on any atom is -0.488 e. The molecule has 1 unspecified atom stereocenters. The Bertz CT molecular complexity index is 576. The number of benzene rings is 1. The van der Waals surface area contributed by atoms with Crippen molar-refractivity contribution in [3.05, 3.63) is 51.2 Å². The smallest absolute Gasteiger partial charge is 0.122 e. The molecule has 2 nitrogen and oxygen atoms in total. The van der Waals surface area contributed by atoms with E-state index in [0.717, 1.165) is 18.7 Å². The number of ether oxygens (including phenoxy) is 1. The number of hydrogen-bond donors (Lipinski definition) is 1. The first-order valence-corrected chi connectivity index (χ1v) is 8.50. The number of rotatable bonds is 7. The molecule has 2 aromatic rings. The number of aryl methyl sites for hydroxylation is 2. The van der Waals surface area contributed by atoms with Crippen molar-refractivity contribution in [1.82, 2.24) is 5.32 Å². The van der Waals surface area contributed by atoms with E-state index < -0.39 is 0 Å². The van der Waals surface area contributed by atoms with E-state index in [0.29, 0.717) is 12.6 Å². The monoisotopic (exact) mass is 303 g/mol. The van der Waals surface area contributed by atoms with Gasteiger partial charge in [0.15, 0.2) is 0 Å². The maximum absolute atomic E-state index is 5.97. The van der Waals surface area contributed by atoms with Crippen LogP contribution in [0.3, 0.4) is 0 Å². The molecule has 0 amide bonds. The highest BCUT2D eigenvalue weighted by Crippen LogP contribution is 2.25. The first-order valence-electron chi connectivity index (χ1n) is 7.68. The molecule has 0 aliphatic carbocycles. The highest BCUT2D eigenvalue weighted by molar-refractivity contribution is 7.11. The Morgan fingerprint density at radius 3 is 2.52 bits per heavy atom. The van der Waals surface area contributed by atoms with Gasteiger partial charge in [0.1, 0.15) is 12.4 Å². The van der Waals surface area contributed by atoms with E-state index in [-0.39, 0.29) is 0 Å².